The molecule has 0 atom stereocenters. The Bertz CT molecular complexity index is 1490. The van der Waals surface area contributed by atoms with Crippen LogP contribution in [0, 0.1) is 0 Å². The number of hydrogen-bond acceptors (Lipinski definition) is 6. The van der Waals surface area contributed by atoms with Gasteiger partial charge < -0.3 is 10.6 Å². The molecule has 0 bridgehead atoms. The summed E-state index contributed by atoms with van der Waals surface area (Å²) in [6.45, 7) is 3.09. The van der Waals surface area contributed by atoms with E-state index in [9.17, 15) is 9.59 Å². The summed E-state index contributed by atoms with van der Waals surface area (Å²) < 4.78 is 0. The Morgan fingerprint density at radius 3 is 2.14 bits per heavy atom. The average Bonchev–Trinajstić information content (AvgIpc) is 3.21. The van der Waals surface area contributed by atoms with E-state index in [0.717, 1.165) is 22.4 Å². The molecule has 2 N–H and O–H groups in total. The SMILES string of the molecule is CC(=O)C1(c2ccccc2)CCN(c2cccc3c2-c2nc(N)nc(-c4ccccc4)c2C3=O)CC1. The number of aromatic nitrogens is 2. The first-order valence-electron chi connectivity index (χ1n) is 12.2. The van der Waals surface area contributed by atoms with Gasteiger partial charge in [0.05, 0.1) is 22.4 Å². The smallest absolute Gasteiger partial charge is 0.221 e. The lowest BCUT2D eigenvalue weighted by molar-refractivity contribution is -0.123. The molecule has 1 saturated heterocycles. The first kappa shape index (κ1) is 22.2. The van der Waals surface area contributed by atoms with Crippen LogP contribution in [0.1, 0.15) is 41.3 Å². The standard InChI is InChI=1S/C30H26N4O2/c1-19(35)30(21-11-6-3-7-12-21)15-17-34(18-16-30)23-14-8-13-22-24(23)27-25(28(22)36)26(32-29(31)33-27)20-9-4-2-5-10-20/h2-14H,15-18H2,1H3,(H2,31,32,33). The highest BCUT2D eigenvalue weighted by Gasteiger charge is 2.42. The largest absolute Gasteiger partial charge is 0.371 e. The summed E-state index contributed by atoms with van der Waals surface area (Å²) in [6.07, 6.45) is 1.41. The molecule has 2 aliphatic rings. The van der Waals surface area contributed by atoms with Crippen molar-refractivity contribution in [2.75, 3.05) is 23.7 Å². The van der Waals surface area contributed by atoms with Crippen LogP contribution in [0.4, 0.5) is 11.6 Å². The summed E-state index contributed by atoms with van der Waals surface area (Å²) in [5, 5.41) is 0. The molecule has 1 aromatic heterocycles. The molecule has 0 amide bonds. The second kappa shape index (κ2) is 8.41. The highest BCUT2D eigenvalue weighted by Crippen LogP contribution is 2.46. The third-order valence-electron chi connectivity index (χ3n) is 7.68. The number of ketones is 2. The summed E-state index contributed by atoms with van der Waals surface area (Å²) in [5.41, 5.74) is 11.6. The second-order valence-corrected chi connectivity index (χ2v) is 9.54. The molecular weight excluding hydrogens is 448 g/mol. The quantitative estimate of drug-likeness (QED) is 0.391. The molecular formula is C30H26N4O2. The Hall–Kier alpha value is -4.32. The third-order valence-corrected chi connectivity index (χ3v) is 7.68. The zero-order valence-electron chi connectivity index (χ0n) is 20.1. The van der Waals surface area contributed by atoms with Crippen molar-refractivity contribution in [3.05, 3.63) is 95.6 Å². The molecule has 6 rings (SSSR count). The van der Waals surface area contributed by atoms with Gasteiger partial charge in [0.2, 0.25) is 5.95 Å². The van der Waals surface area contributed by atoms with Crippen molar-refractivity contribution in [1.82, 2.24) is 9.97 Å². The predicted molar refractivity (Wildman–Crippen MR) is 141 cm³/mol. The van der Waals surface area contributed by atoms with Crippen LogP contribution in [0.2, 0.25) is 0 Å². The average molecular weight is 475 g/mol. The van der Waals surface area contributed by atoms with Crippen molar-refractivity contribution in [2.24, 2.45) is 0 Å². The van der Waals surface area contributed by atoms with Gasteiger partial charge in [0.15, 0.2) is 5.78 Å². The van der Waals surface area contributed by atoms with Crippen LogP contribution in [-0.2, 0) is 10.2 Å². The molecule has 1 aliphatic heterocycles. The van der Waals surface area contributed by atoms with Crippen molar-refractivity contribution in [1.29, 1.82) is 0 Å². The topological polar surface area (TPSA) is 89.2 Å². The minimum atomic E-state index is -0.490. The van der Waals surface area contributed by atoms with Gasteiger partial charge in [-0.1, -0.05) is 72.8 Å². The number of benzene rings is 3. The Balaban J connectivity index is 1.42. The van der Waals surface area contributed by atoms with E-state index in [4.69, 9.17) is 5.73 Å². The van der Waals surface area contributed by atoms with Crippen molar-refractivity contribution in [3.63, 3.8) is 0 Å². The zero-order valence-corrected chi connectivity index (χ0v) is 20.1. The van der Waals surface area contributed by atoms with E-state index in [1.54, 1.807) is 6.92 Å². The highest BCUT2D eigenvalue weighted by molar-refractivity contribution is 6.25. The summed E-state index contributed by atoms with van der Waals surface area (Å²) >= 11 is 0. The number of carbonyl (C=O) groups is 2. The maximum atomic E-state index is 13.6. The maximum Gasteiger partial charge on any atom is 0.221 e. The first-order valence-corrected chi connectivity index (χ1v) is 12.2. The van der Waals surface area contributed by atoms with Crippen molar-refractivity contribution in [3.8, 4) is 22.5 Å². The van der Waals surface area contributed by atoms with Gasteiger partial charge >= 0.3 is 0 Å². The molecule has 1 fully saturated rings. The number of carbonyl (C=O) groups excluding carboxylic acids is 2. The van der Waals surface area contributed by atoms with Gasteiger partial charge in [0.1, 0.15) is 5.78 Å². The van der Waals surface area contributed by atoms with Crippen LogP contribution < -0.4 is 10.6 Å². The van der Waals surface area contributed by atoms with E-state index in [1.807, 2.05) is 66.7 Å². The fourth-order valence-electron chi connectivity index (χ4n) is 5.79. The Labute approximate surface area is 209 Å². The van der Waals surface area contributed by atoms with Gasteiger partial charge in [-0.15, -0.1) is 0 Å². The number of nitrogens with zero attached hydrogens (tertiary/aromatic N) is 3. The number of fused-ring (bicyclic) bond motifs is 3. The van der Waals surface area contributed by atoms with Gasteiger partial charge in [-0.2, -0.15) is 0 Å². The normalized spacial score (nSPS) is 15.9. The lowest BCUT2D eigenvalue weighted by Crippen LogP contribution is -2.46. The summed E-state index contributed by atoms with van der Waals surface area (Å²) in [4.78, 5) is 37.8. The molecule has 3 aromatic carbocycles. The Morgan fingerprint density at radius 2 is 1.47 bits per heavy atom. The van der Waals surface area contributed by atoms with Crippen molar-refractivity contribution >= 4 is 23.2 Å². The molecule has 0 saturated carbocycles. The van der Waals surface area contributed by atoms with E-state index in [-0.39, 0.29) is 17.5 Å². The minimum absolute atomic E-state index is 0.0833. The number of nitrogen functional groups attached to an aromatic ring is 1. The molecule has 4 aromatic rings. The molecule has 178 valence electrons. The molecule has 0 unspecified atom stereocenters. The minimum Gasteiger partial charge on any atom is -0.371 e. The number of rotatable bonds is 4. The van der Waals surface area contributed by atoms with Crippen LogP contribution in [0.5, 0.6) is 0 Å². The molecule has 6 heteroatoms. The van der Waals surface area contributed by atoms with Crippen LogP contribution in [0.3, 0.4) is 0 Å². The lowest BCUT2D eigenvalue weighted by atomic mass is 9.70. The molecule has 6 nitrogen and oxygen atoms in total. The Kier molecular flexibility index (Phi) is 5.18. The first-order chi connectivity index (χ1) is 17.5. The summed E-state index contributed by atoms with van der Waals surface area (Å²) in [5.74, 6) is 0.252. The van der Waals surface area contributed by atoms with Crippen LogP contribution in [-0.4, -0.2) is 34.6 Å². The van der Waals surface area contributed by atoms with E-state index in [2.05, 4.69) is 27.0 Å². The number of Topliss-reactive ketones (excluding diaryl/α,β-unsaturated/α-hetero) is 1. The predicted octanol–water partition coefficient (Wildman–Crippen LogP) is 5.06. The fourth-order valence-corrected chi connectivity index (χ4v) is 5.79. The molecule has 2 heterocycles. The van der Waals surface area contributed by atoms with E-state index in [0.29, 0.717) is 48.4 Å². The van der Waals surface area contributed by atoms with Gasteiger partial charge in [-0.3, -0.25) is 9.59 Å². The maximum absolute atomic E-state index is 13.6. The van der Waals surface area contributed by atoms with Crippen LogP contribution >= 0.6 is 0 Å². The van der Waals surface area contributed by atoms with Crippen molar-refractivity contribution in [2.45, 2.75) is 25.2 Å². The number of anilines is 2. The lowest BCUT2D eigenvalue weighted by Gasteiger charge is -2.42. The van der Waals surface area contributed by atoms with Gasteiger partial charge in [-0.25, -0.2) is 9.97 Å². The van der Waals surface area contributed by atoms with E-state index >= 15 is 0 Å². The molecule has 0 spiro atoms. The van der Waals surface area contributed by atoms with Crippen molar-refractivity contribution < 1.29 is 9.59 Å². The second-order valence-electron chi connectivity index (χ2n) is 9.54. The Morgan fingerprint density at radius 1 is 0.833 bits per heavy atom. The fraction of sp³-hybridized carbons (Fsp3) is 0.200. The number of nitrogens with two attached hydrogens (primary N) is 1. The molecule has 36 heavy (non-hydrogen) atoms. The van der Waals surface area contributed by atoms with E-state index in [1.165, 1.54) is 0 Å². The monoisotopic (exact) mass is 474 g/mol. The third kappa shape index (κ3) is 3.33. The van der Waals surface area contributed by atoms with Gasteiger partial charge in [0.25, 0.3) is 0 Å². The number of hydrogen-bond donors (Lipinski definition) is 1. The summed E-state index contributed by atoms with van der Waals surface area (Å²) in [7, 11) is 0. The van der Waals surface area contributed by atoms with Crippen LogP contribution in [0.25, 0.3) is 22.5 Å². The van der Waals surface area contributed by atoms with Crippen LogP contribution in [0.15, 0.2) is 78.9 Å². The van der Waals surface area contributed by atoms with Gasteiger partial charge in [-0.05, 0) is 31.4 Å². The van der Waals surface area contributed by atoms with Gasteiger partial charge in [0, 0.05) is 35.5 Å². The summed E-state index contributed by atoms with van der Waals surface area (Å²) in [6, 6.07) is 25.5. The molecule has 0 radical (unpaired) electrons. The zero-order chi connectivity index (χ0) is 24.9. The molecule has 1 aliphatic carbocycles. The number of piperidine rings is 1. The van der Waals surface area contributed by atoms with E-state index < -0.39 is 5.41 Å². The highest BCUT2D eigenvalue weighted by atomic mass is 16.1.